The van der Waals surface area contributed by atoms with Gasteiger partial charge in [-0.1, -0.05) is 47.5 Å². The molecule has 1 aliphatic heterocycles. The molecule has 0 saturated carbocycles. The van der Waals surface area contributed by atoms with E-state index in [9.17, 15) is 27.9 Å². The second kappa shape index (κ2) is 9.66. The minimum Gasteiger partial charge on any atom is -0.478 e. The molecule has 1 fully saturated rings. The molecular weight excluding hydrogens is 472 g/mol. The Bertz CT molecular complexity index is 912. The average molecular weight is 491 g/mol. The number of aliphatic carboxylic acids is 1. The van der Waals surface area contributed by atoms with Crippen molar-refractivity contribution in [3.8, 4) is 0 Å². The monoisotopic (exact) mass is 490 g/mol. The van der Waals surface area contributed by atoms with Gasteiger partial charge in [0.25, 0.3) is 6.47 Å². The van der Waals surface area contributed by atoms with E-state index in [2.05, 4.69) is 10.1 Å². The number of alkyl halides is 3. The lowest BCUT2D eigenvalue weighted by atomic mass is 9.89. The molecule has 0 aromatic heterocycles. The molecule has 0 aliphatic carbocycles. The van der Waals surface area contributed by atoms with E-state index in [1.807, 2.05) is 0 Å². The summed E-state index contributed by atoms with van der Waals surface area (Å²) in [5, 5.41) is 13.0. The third kappa shape index (κ3) is 4.71. The molecule has 0 spiro atoms. The van der Waals surface area contributed by atoms with Crippen LogP contribution in [-0.4, -0.2) is 59.9 Å². The van der Waals surface area contributed by atoms with Crippen molar-refractivity contribution in [2.24, 2.45) is 0 Å². The van der Waals surface area contributed by atoms with Crippen molar-refractivity contribution in [2.45, 2.75) is 23.9 Å². The summed E-state index contributed by atoms with van der Waals surface area (Å²) < 4.78 is 46.0. The first-order valence-electron chi connectivity index (χ1n) is 9.50. The Morgan fingerprint density at radius 3 is 2.00 bits per heavy atom. The lowest BCUT2D eigenvalue weighted by Gasteiger charge is -2.45. The number of benzene rings is 2. The number of nitrogens with one attached hydrogen (secondary N) is 1. The summed E-state index contributed by atoms with van der Waals surface area (Å²) in [6.07, 6.45) is -5.35. The van der Waals surface area contributed by atoms with Crippen LogP contribution in [0.3, 0.4) is 0 Å². The van der Waals surface area contributed by atoms with Crippen molar-refractivity contribution in [3.05, 3.63) is 69.7 Å². The first kappa shape index (κ1) is 24.3. The summed E-state index contributed by atoms with van der Waals surface area (Å²) in [6.45, 7) is -0.510. The number of rotatable bonds is 7. The number of hydrogen-bond donors (Lipinski definition) is 2. The molecule has 1 aliphatic rings. The van der Waals surface area contributed by atoms with Crippen LogP contribution in [0.5, 0.6) is 0 Å². The molecule has 0 amide bonds. The van der Waals surface area contributed by atoms with E-state index in [4.69, 9.17) is 23.2 Å². The summed E-state index contributed by atoms with van der Waals surface area (Å²) in [6, 6.07) is 11.3. The SMILES string of the molecule is O=COC(C(=O)O)(C1CN(C(c2ccc(Cl)cc2)c2ccc(Cl)cc2)CCN1)C(F)(F)F. The van der Waals surface area contributed by atoms with E-state index < -0.39 is 36.3 Å². The van der Waals surface area contributed by atoms with Gasteiger partial charge in [0, 0.05) is 29.7 Å². The van der Waals surface area contributed by atoms with Gasteiger partial charge in [-0.25, -0.2) is 4.79 Å². The minimum atomic E-state index is -5.35. The minimum absolute atomic E-state index is 0.0374. The molecule has 6 nitrogen and oxygen atoms in total. The number of carboxylic acids is 1. The molecule has 2 N–H and O–H groups in total. The van der Waals surface area contributed by atoms with Crippen molar-refractivity contribution < 1.29 is 32.6 Å². The molecular formula is C21H19Cl2F3N2O4. The molecule has 2 atom stereocenters. The zero-order valence-corrected chi connectivity index (χ0v) is 18.0. The van der Waals surface area contributed by atoms with Crippen LogP contribution in [0.25, 0.3) is 0 Å². The smallest absolute Gasteiger partial charge is 0.441 e. The second-order valence-electron chi connectivity index (χ2n) is 7.26. The van der Waals surface area contributed by atoms with Gasteiger partial charge in [0.2, 0.25) is 0 Å². The normalized spacial score (nSPS) is 19.4. The lowest BCUT2D eigenvalue weighted by Crippen LogP contribution is -2.71. The van der Waals surface area contributed by atoms with Gasteiger partial charge in [0.1, 0.15) is 0 Å². The van der Waals surface area contributed by atoms with E-state index in [1.165, 1.54) is 0 Å². The van der Waals surface area contributed by atoms with Crippen molar-refractivity contribution >= 4 is 35.6 Å². The average Bonchev–Trinajstić information content (AvgIpc) is 2.74. The van der Waals surface area contributed by atoms with Gasteiger partial charge < -0.3 is 15.2 Å². The largest absolute Gasteiger partial charge is 0.478 e. The lowest BCUT2D eigenvalue weighted by molar-refractivity contribution is -0.274. The molecule has 0 bridgehead atoms. The molecule has 172 valence electrons. The Kier molecular flexibility index (Phi) is 7.34. The summed E-state index contributed by atoms with van der Waals surface area (Å²) in [4.78, 5) is 24.3. The van der Waals surface area contributed by atoms with Crippen LogP contribution in [0.1, 0.15) is 17.2 Å². The van der Waals surface area contributed by atoms with E-state index >= 15 is 0 Å². The standard InChI is InChI=1S/C21H19Cl2F3N2O4/c22-15-5-1-13(2-6-15)18(14-3-7-16(23)8-4-14)28-10-9-27-17(11-28)20(19(30)31,32-12-29)21(24,25)26/h1-8,12,17-18,27H,9-11H2,(H,30,31). The summed E-state index contributed by atoms with van der Waals surface area (Å²) in [5.41, 5.74) is -2.26. The van der Waals surface area contributed by atoms with Gasteiger partial charge in [-0.2, -0.15) is 13.2 Å². The first-order chi connectivity index (χ1) is 15.1. The van der Waals surface area contributed by atoms with E-state index in [0.717, 1.165) is 11.1 Å². The van der Waals surface area contributed by atoms with Crippen LogP contribution < -0.4 is 5.32 Å². The van der Waals surface area contributed by atoms with Crippen molar-refractivity contribution in [3.63, 3.8) is 0 Å². The van der Waals surface area contributed by atoms with E-state index in [0.29, 0.717) is 16.6 Å². The van der Waals surface area contributed by atoms with Crippen LogP contribution in [0.15, 0.2) is 48.5 Å². The van der Waals surface area contributed by atoms with E-state index in [1.54, 1.807) is 53.4 Å². The van der Waals surface area contributed by atoms with Gasteiger partial charge in [-0.15, -0.1) is 0 Å². The topological polar surface area (TPSA) is 78.9 Å². The Morgan fingerprint density at radius 2 is 1.59 bits per heavy atom. The first-order valence-corrected chi connectivity index (χ1v) is 10.3. The maximum Gasteiger partial charge on any atom is 0.441 e. The predicted molar refractivity (Wildman–Crippen MR) is 112 cm³/mol. The summed E-state index contributed by atoms with van der Waals surface area (Å²) in [7, 11) is 0. The molecule has 1 heterocycles. The maximum absolute atomic E-state index is 13.9. The number of ether oxygens (including phenoxy) is 1. The Morgan fingerprint density at radius 1 is 1.09 bits per heavy atom. The fourth-order valence-electron chi connectivity index (χ4n) is 3.93. The Balaban J connectivity index is 2.04. The highest BCUT2D eigenvalue weighted by molar-refractivity contribution is 6.30. The third-order valence-corrected chi connectivity index (χ3v) is 5.91. The number of halogens is 5. The number of carbonyl (C=O) groups is 2. The van der Waals surface area contributed by atoms with Gasteiger partial charge in [0.05, 0.1) is 12.1 Å². The fourth-order valence-corrected chi connectivity index (χ4v) is 4.18. The molecule has 2 aromatic carbocycles. The van der Waals surface area contributed by atoms with Gasteiger partial charge in [-0.05, 0) is 35.4 Å². The van der Waals surface area contributed by atoms with Crippen LogP contribution in [-0.2, 0) is 14.3 Å². The van der Waals surface area contributed by atoms with Gasteiger partial charge in [0.15, 0.2) is 0 Å². The number of hydrogen-bond acceptors (Lipinski definition) is 5. The highest BCUT2D eigenvalue weighted by Crippen LogP contribution is 2.39. The molecule has 3 rings (SSSR count). The molecule has 2 unspecified atom stereocenters. The number of carbonyl (C=O) groups excluding carboxylic acids is 1. The van der Waals surface area contributed by atoms with Crippen LogP contribution in [0.2, 0.25) is 10.0 Å². The second-order valence-corrected chi connectivity index (χ2v) is 8.13. The summed E-state index contributed by atoms with van der Waals surface area (Å²) in [5.74, 6) is -2.30. The molecule has 1 saturated heterocycles. The Labute approximate surface area is 191 Å². The highest BCUT2D eigenvalue weighted by atomic mass is 35.5. The highest BCUT2D eigenvalue weighted by Gasteiger charge is 2.68. The van der Waals surface area contributed by atoms with Gasteiger partial charge in [-0.3, -0.25) is 9.69 Å². The quantitative estimate of drug-likeness (QED) is 0.572. The van der Waals surface area contributed by atoms with Crippen molar-refractivity contribution in [2.75, 3.05) is 19.6 Å². The number of piperazine rings is 1. The van der Waals surface area contributed by atoms with Crippen molar-refractivity contribution in [1.29, 1.82) is 0 Å². The third-order valence-electron chi connectivity index (χ3n) is 5.41. The van der Waals surface area contributed by atoms with Crippen molar-refractivity contribution in [1.82, 2.24) is 10.2 Å². The maximum atomic E-state index is 13.9. The van der Waals surface area contributed by atoms with Crippen LogP contribution >= 0.6 is 23.2 Å². The number of carboxylic acid groups (broad SMARTS) is 1. The van der Waals surface area contributed by atoms with Crippen LogP contribution in [0, 0.1) is 0 Å². The zero-order chi connectivity index (χ0) is 23.5. The molecule has 32 heavy (non-hydrogen) atoms. The Hall–Kier alpha value is -2.33. The number of nitrogens with zero attached hydrogens (tertiary/aromatic N) is 1. The molecule has 2 aromatic rings. The molecule has 0 radical (unpaired) electrons. The predicted octanol–water partition coefficient (Wildman–Crippen LogP) is 3.92. The summed E-state index contributed by atoms with van der Waals surface area (Å²) >= 11 is 12.0. The molecule has 11 heteroatoms. The van der Waals surface area contributed by atoms with Gasteiger partial charge >= 0.3 is 17.7 Å². The zero-order valence-electron chi connectivity index (χ0n) is 16.5. The fraction of sp³-hybridized carbons (Fsp3) is 0.333. The van der Waals surface area contributed by atoms with Crippen LogP contribution in [0.4, 0.5) is 13.2 Å². The van der Waals surface area contributed by atoms with E-state index in [-0.39, 0.29) is 13.1 Å².